The fraction of sp³-hybridized carbons (Fsp3) is 0.389. The summed E-state index contributed by atoms with van der Waals surface area (Å²) in [5.41, 5.74) is 0.858. The maximum atomic E-state index is 12.8. The maximum Gasteiger partial charge on any atom is 0.323 e. The number of hydrogen-bond donors (Lipinski definition) is 2. The summed E-state index contributed by atoms with van der Waals surface area (Å²) in [5.74, 6) is 0.743. The van der Waals surface area contributed by atoms with Gasteiger partial charge in [0.1, 0.15) is 11.0 Å². The second-order valence-corrected chi connectivity index (χ2v) is 7.42. The molecule has 2 aromatic rings. The summed E-state index contributed by atoms with van der Waals surface area (Å²) >= 11 is 3.45. The summed E-state index contributed by atoms with van der Waals surface area (Å²) in [6, 6.07) is 9.26. The molecule has 136 valence electrons. The number of nitrogens with zero attached hydrogens (tertiary/aromatic N) is 2. The molecule has 1 saturated heterocycles. The Morgan fingerprint density at radius 1 is 1.27 bits per heavy atom. The van der Waals surface area contributed by atoms with E-state index in [9.17, 15) is 9.59 Å². The molecule has 1 aliphatic heterocycles. The molecule has 2 fully saturated rings. The van der Waals surface area contributed by atoms with E-state index in [1.807, 2.05) is 30.3 Å². The largest absolute Gasteiger partial charge is 0.353 e. The standard InChI is InChI=1S/C18H19BrN4O3/c19-15-16(11-6-2-1-3-7-11)26-22-17(15)21-18(25)23-10-14(24)20-12-8-4-5-9-13(12)23/h1-3,6-7,12-13H,4-5,8-10H2,(H,20,24)(H,21,22,25). The summed E-state index contributed by atoms with van der Waals surface area (Å²) in [7, 11) is 0. The smallest absolute Gasteiger partial charge is 0.323 e. The third-order valence-electron chi connectivity index (χ3n) is 4.95. The first-order chi connectivity index (χ1) is 12.6. The lowest BCUT2D eigenvalue weighted by Crippen LogP contribution is -2.63. The van der Waals surface area contributed by atoms with E-state index in [1.54, 1.807) is 4.90 Å². The van der Waals surface area contributed by atoms with E-state index in [0.29, 0.717) is 16.1 Å². The molecule has 0 bridgehead atoms. The number of benzene rings is 1. The molecule has 0 spiro atoms. The normalized spacial score (nSPS) is 22.5. The third-order valence-corrected chi connectivity index (χ3v) is 5.68. The number of amides is 3. The number of carbonyl (C=O) groups is 2. The van der Waals surface area contributed by atoms with Gasteiger partial charge in [0, 0.05) is 11.6 Å². The van der Waals surface area contributed by atoms with E-state index in [1.165, 1.54) is 0 Å². The predicted molar refractivity (Wildman–Crippen MR) is 99.6 cm³/mol. The second-order valence-electron chi connectivity index (χ2n) is 6.62. The van der Waals surface area contributed by atoms with E-state index in [0.717, 1.165) is 31.2 Å². The van der Waals surface area contributed by atoms with Gasteiger partial charge in [0.15, 0.2) is 11.6 Å². The lowest BCUT2D eigenvalue weighted by atomic mass is 9.87. The number of rotatable bonds is 2. The van der Waals surface area contributed by atoms with Crippen LogP contribution in [0.2, 0.25) is 0 Å². The van der Waals surface area contributed by atoms with Gasteiger partial charge in [0.05, 0.1) is 6.04 Å². The monoisotopic (exact) mass is 418 g/mol. The number of anilines is 1. The van der Waals surface area contributed by atoms with Crippen molar-refractivity contribution in [3.8, 4) is 11.3 Å². The molecule has 26 heavy (non-hydrogen) atoms. The van der Waals surface area contributed by atoms with Crippen LogP contribution in [0, 0.1) is 0 Å². The predicted octanol–water partition coefficient (Wildman–Crippen LogP) is 3.38. The zero-order chi connectivity index (χ0) is 18.1. The van der Waals surface area contributed by atoms with Gasteiger partial charge in [-0.3, -0.25) is 10.1 Å². The summed E-state index contributed by atoms with van der Waals surface area (Å²) in [6.45, 7) is 0.0635. The first-order valence-electron chi connectivity index (χ1n) is 8.71. The van der Waals surface area contributed by atoms with Crippen molar-refractivity contribution >= 4 is 33.7 Å². The van der Waals surface area contributed by atoms with Crippen LogP contribution in [-0.4, -0.2) is 40.6 Å². The van der Waals surface area contributed by atoms with Crippen molar-refractivity contribution in [1.82, 2.24) is 15.4 Å². The quantitative estimate of drug-likeness (QED) is 0.782. The van der Waals surface area contributed by atoms with Gasteiger partial charge in [-0.15, -0.1) is 0 Å². The zero-order valence-corrected chi connectivity index (χ0v) is 15.7. The highest BCUT2D eigenvalue weighted by molar-refractivity contribution is 9.10. The van der Waals surface area contributed by atoms with Gasteiger partial charge in [-0.25, -0.2) is 4.79 Å². The third kappa shape index (κ3) is 3.21. The van der Waals surface area contributed by atoms with Crippen molar-refractivity contribution in [3.05, 3.63) is 34.8 Å². The Bertz CT molecular complexity index is 823. The van der Waals surface area contributed by atoms with Gasteiger partial charge in [0.25, 0.3) is 0 Å². The highest BCUT2D eigenvalue weighted by Crippen LogP contribution is 2.34. The van der Waals surface area contributed by atoms with E-state index >= 15 is 0 Å². The van der Waals surface area contributed by atoms with Crippen LogP contribution in [0.3, 0.4) is 0 Å². The lowest BCUT2D eigenvalue weighted by Gasteiger charge is -2.43. The van der Waals surface area contributed by atoms with Gasteiger partial charge in [-0.1, -0.05) is 48.3 Å². The number of halogens is 1. The van der Waals surface area contributed by atoms with Crippen LogP contribution in [0.1, 0.15) is 25.7 Å². The van der Waals surface area contributed by atoms with Gasteiger partial charge in [0.2, 0.25) is 5.91 Å². The average Bonchev–Trinajstić information content (AvgIpc) is 3.02. The average molecular weight is 419 g/mol. The molecule has 2 unspecified atom stereocenters. The Morgan fingerprint density at radius 2 is 2.04 bits per heavy atom. The van der Waals surface area contributed by atoms with Crippen molar-refractivity contribution in [1.29, 1.82) is 0 Å². The van der Waals surface area contributed by atoms with Crippen LogP contribution in [0.5, 0.6) is 0 Å². The van der Waals surface area contributed by atoms with E-state index in [4.69, 9.17) is 4.52 Å². The minimum atomic E-state index is -0.328. The molecule has 0 radical (unpaired) electrons. The molecule has 4 rings (SSSR count). The molecule has 2 aliphatic rings. The van der Waals surface area contributed by atoms with Crippen LogP contribution in [-0.2, 0) is 4.79 Å². The van der Waals surface area contributed by atoms with Crippen LogP contribution < -0.4 is 10.6 Å². The minimum Gasteiger partial charge on any atom is -0.353 e. The SMILES string of the molecule is O=C1CN(C(=O)Nc2noc(-c3ccccc3)c2Br)C2CCCCC2N1. The van der Waals surface area contributed by atoms with Gasteiger partial charge >= 0.3 is 6.03 Å². The Balaban J connectivity index is 1.53. The number of nitrogens with one attached hydrogen (secondary N) is 2. The highest BCUT2D eigenvalue weighted by Gasteiger charge is 2.39. The van der Waals surface area contributed by atoms with Crippen molar-refractivity contribution in [2.24, 2.45) is 0 Å². The Hall–Kier alpha value is -2.35. The number of fused-ring (bicyclic) bond motifs is 1. The summed E-state index contributed by atoms with van der Waals surface area (Å²) < 4.78 is 5.97. The van der Waals surface area contributed by atoms with E-state index < -0.39 is 0 Å². The molecular weight excluding hydrogens is 400 g/mol. The van der Waals surface area contributed by atoms with Gasteiger partial charge in [-0.05, 0) is 28.8 Å². The summed E-state index contributed by atoms with van der Waals surface area (Å²) in [4.78, 5) is 26.4. The lowest BCUT2D eigenvalue weighted by molar-refractivity contribution is -0.126. The molecular formula is C18H19BrN4O3. The molecule has 2 heterocycles. The zero-order valence-electron chi connectivity index (χ0n) is 14.1. The van der Waals surface area contributed by atoms with Crippen LogP contribution in [0.4, 0.5) is 10.6 Å². The fourth-order valence-electron chi connectivity index (χ4n) is 3.70. The first-order valence-corrected chi connectivity index (χ1v) is 9.50. The first kappa shape index (κ1) is 17.1. The molecule has 2 atom stereocenters. The molecule has 1 aromatic carbocycles. The molecule has 8 heteroatoms. The van der Waals surface area contributed by atoms with Crippen molar-refractivity contribution in [2.75, 3.05) is 11.9 Å². The molecule has 7 nitrogen and oxygen atoms in total. The molecule has 2 N–H and O–H groups in total. The molecule has 3 amide bonds. The number of hydrogen-bond acceptors (Lipinski definition) is 4. The van der Waals surface area contributed by atoms with Gasteiger partial charge < -0.3 is 14.7 Å². The Morgan fingerprint density at radius 3 is 2.85 bits per heavy atom. The number of aromatic nitrogens is 1. The molecule has 1 aromatic heterocycles. The van der Waals surface area contributed by atoms with Crippen molar-refractivity contribution in [2.45, 2.75) is 37.8 Å². The maximum absolute atomic E-state index is 12.8. The van der Waals surface area contributed by atoms with Crippen molar-refractivity contribution in [3.63, 3.8) is 0 Å². The van der Waals surface area contributed by atoms with Gasteiger partial charge in [-0.2, -0.15) is 0 Å². The summed E-state index contributed by atoms with van der Waals surface area (Å²) in [6.07, 6.45) is 3.94. The minimum absolute atomic E-state index is 0.0284. The number of urea groups is 1. The topological polar surface area (TPSA) is 87.5 Å². The Labute approximate surface area is 159 Å². The van der Waals surface area contributed by atoms with Crippen LogP contribution in [0.15, 0.2) is 39.3 Å². The van der Waals surface area contributed by atoms with Crippen LogP contribution >= 0.6 is 15.9 Å². The second kappa shape index (κ2) is 7.11. The number of carbonyl (C=O) groups excluding carboxylic acids is 2. The van der Waals surface area contributed by atoms with E-state index in [-0.39, 0.29) is 30.6 Å². The van der Waals surface area contributed by atoms with Crippen LogP contribution in [0.25, 0.3) is 11.3 Å². The molecule has 1 saturated carbocycles. The fourth-order valence-corrected chi connectivity index (χ4v) is 4.17. The Kier molecular flexibility index (Phi) is 4.67. The highest BCUT2D eigenvalue weighted by atomic mass is 79.9. The molecule has 1 aliphatic carbocycles. The van der Waals surface area contributed by atoms with E-state index in [2.05, 4.69) is 31.7 Å². The number of piperazine rings is 1. The summed E-state index contributed by atoms with van der Waals surface area (Å²) in [5, 5.41) is 9.75. The van der Waals surface area contributed by atoms with Crippen molar-refractivity contribution < 1.29 is 14.1 Å².